The second kappa shape index (κ2) is 8.75. The third-order valence-electron chi connectivity index (χ3n) is 7.08. The smallest absolute Gasteiger partial charge is 0.320 e. The molecule has 3 aliphatic heterocycles. The predicted octanol–water partition coefficient (Wildman–Crippen LogP) is 3.13. The van der Waals surface area contributed by atoms with E-state index < -0.39 is 17.6 Å². The summed E-state index contributed by atoms with van der Waals surface area (Å²) in [4.78, 5) is 53.4. The largest absolute Gasteiger partial charge is 0.459 e. The molecular weight excluding hydrogens is 446 g/mol. The number of likely N-dealkylation sites (tertiary alicyclic amines) is 1. The molecule has 2 fully saturated rings. The first-order valence-corrected chi connectivity index (χ1v) is 12.3. The van der Waals surface area contributed by atoms with Gasteiger partial charge in [0.15, 0.2) is 0 Å². The molecule has 5 rings (SSSR count). The first kappa shape index (κ1) is 23.5. The van der Waals surface area contributed by atoms with Gasteiger partial charge in [-0.3, -0.25) is 34.3 Å². The van der Waals surface area contributed by atoms with Crippen LogP contribution < -0.4 is 10.2 Å². The highest BCUT2D eigenvalue weighted by atomic mass is 16.6. The van der Waals surface area contributed by atoms with E-state index >= 15 is 0 Å². The van der Waals surface area contributed by atoms with Crippen LogP contribution in [0.4, 0.5) is 5.69 Å². The molecule has 1 unspecified atom stereocenters. The summed E-state index contributed by atoms with van der Waals surface area (Å²) in [7, 11) is 0. The van der Waals surface area contributed by atoms with Gasteiger partial charge in [0, 0.05) is 17.4 Å². The Kier molecular flexibility index (Phi) is 5.87. The predicted molar refractivity (Wildman–Crippen MR) is 131 cm³/mol. The Balaban J connectivity index is 1.37. The van der Waals surface area contributed by atoms with Crippen LogP contribution in [0.1, 0.15) is 68.3 Å². The normalized spacial score (nSPS) is 21.5. The summed E-state index contributed by atoms with van der Waals surface area (Å²) in [6.45, 7) is 7.52. The van der Waals surface area contributed by atoms with Crippen molar-refractivity contribution in [3.05, 3.63) is 41.5 Å². The van der Waals surface area contributed by atoms with Gasteiger partial charge in [0.1, 0.15) is 11.6 Å². The summed E-state index contributed by atoms with van der Waals surface area (Å²) in [6.07, 6.45) is 2.36. The number of rotatable bonds is 4. The summed E-state index contributed by atoms with van der Waals surface area (Å²) in [5.74, 6) is -0.794. The maximum Gasteiger partial charge on any atom is 0.320 e. The second-order valence-corrected chi connectivity index (χ2v) is 10.7. The van der Waals surface area contributed by atoms with E-state index in [0.29, 0.717) is 24.4 Å². The molecule has 0 spiro atoms. The van der Waals surface area contributed by atoms with Gasteiger partial charge in [-0.25, -0.2) is 0 Å². The molecule has 2 aromatic carbocycles. The maximum atomic E-state index is 13.3. The highest BCUT2D eigenvalue weighted by Crippen LogP contribution is 2.43. The molecule has 2 saturated heterocycles. The van der Waals surface area contributed by atoms with Crippen LogP contribution in [0.3, 0.4) is 0 Å². The van der Waals surface area contributed by atoms with Crippen LogP contribution in [0.2, 0.25) is 0 Å². The Labute approximate surface area is 204 Å². The molecule has 0 saturated carbocycles. The minimum Gasteiger partial charge on any atom is -0.459 e. The van der Waals surface area contributed by atoms with E-state index in [1.54, 1.807) is 4.90 Å². The van der Waals surface area contributed by atoms with Crippen molar-refractivity contribution >= 4 is 40.2 Å². The van der Waals surface area contributed by atoms with E-state index in [0.717, 1.165) is 42.4 Å². The third kappa shape index (κ3) is 4.43. The first-order valence-electron chi connectivity index (χ1n) is 12.3. The van der Waals surface area contributed by atoms with Crippen LogP contribution in [-0.4, -0.2) is 59.9 Å². The third-order valence-corrected chi connectivity index (χ3v) is 7.08. The van der Waals surface area contributed by atoms with Gasteiger partial charge in [-0.2, -0.15) is 0 Å². The molecule has 2 aromatic rings. The summed E-state index contributed by atoms with van der Waals surface area (Å²) >= 11 is 0. The monoisotopic (exact) mass is 477 g/mol. The van der Waals surface area contributed by atoms with Crippen molar-refractivity contribution in [3.8, 4) is 0 Å². The van der Waals surface area contributed by atoms with Gasteiger partial charge in [-0.15, -0.1) is 0 Å². The second-order valence-electron chi connectivity index (χ2n) is 10.7. The number of hydrogen-bond donors (Lipinski definition) is 1. The molecule has 1 atom stereocenters. The van der Waals surface area contributed by atoms with Crippen molar-refractivity contribution in [2.45, 2.75) is 64.0 Å². The number of amides is 3. The Bertz CT molecular complexity index is 1220. The SMILES string of the molecule is CC(C)(C)OC(=O)CN1CCC(c2ccc3c4c(cccc24)N(C2CCC(=O)NC2=O)C3=O)CC1. The van der Waals surface area contributed by atoms with Gasteiger partial charge in [0.05, 0.1) is 12.2 Å². The highest BCUT2D eigenvalue weighted by molar-refractivity contribution is 6.27. The van der Waals surface area contributed by atoms with Crippen molar-refractivity contribution in [1.82, 2.24) is 10.2 Å². The Hall–Kier alpha value is -3.26. The van der Waals surface area contributed by atoms with Crippen molar-refractivity contribution < 1.29 is 23.9 Å². The van der Waals surface area contributed by atoms with Crippen LogP contribution >= 0.6 is 0 Å². The Morgan fingerprint density at radius 1 is 1.06 bits per heavy atom. The van der Waals surface area contributed by atoms with Crippen molar-refractivity contribution in [1.29, 1.82) is 0 Å². The summed E-state index contributed by atoms with van der Waals surface area (Å²) in [5, 5.41) is 4.29. The van der Waals surface area contributed by atoms with Crippen LogP contribution in [0.25, 0.3) is 10.8 Å². The first-order chi connectivity index (χ1) is 16.6. The minimum atomic E-state index is -0.683. The van der Waals surface area contributed by atoms with Crippen molar-refractivity contribution in [3.63, 3.8) is 0 Å². The molecule has 0 aliphatic carbocycles. The number of hydrogen-bond acceptors (Lipinski definition) is 6. The molecular formula is C27H31N3O5. The van der Waals surface area contributed by atoms with Crippen LogP contribution in [0.15, 0.2) is 30.3 Å². The standard InChI is InChI=1S/C27H31N3O5/c1-27(2,3)35-23(32)15-29-13-11-16(12-14-29)17-7-8-19-24-18(17)5-4-6-20(24)30(26(19)34)21-9-10-22(31)28-25(21)33/h4-8,16,21H,9-15H2,1-3H3,(H,28,31,33). The van der Waals surface area contributed by atoms with Crippen molar-refractivity contribution in [2.24, 2.45) is 0 Å². The quantitative estimate of drug-likeness (QED) is 0.537. The number of carbonyl (C=O) groups is 4. The Morgan fingerprint density at radius 3 is 2.49 bits per heavy atom. The van der Waals surface area contributed by atoms with E-state index in [1.807, 2.05) is 51.1 Å². The molecule has 3 amide bonds. The lowest BCUT2D eigenvalue weighted by Gasteiger charge is -2.32. The van der Waals surface area contributed by atoms with Gasteiger partial charge in [0.25, 0.3) is 5.91 Å². The zero-order valence-corrected chi connectivity index (χ0v) is 20.4. The van der Waals surface area contributed by atoms with Crippen molar-refractivity contribution in [2.75, 3.05) is 24.5 Å². The minimum absolute atomic E-state index is 0.190. The Morgan fingerprint density at radius 2 is 1.80 bits per heavy atom. The van der Waals surface area contributed by atoms with Gasteiger partial charge in [-0.1, -0.05) is 18.2 Å². The average molecular weight is 478 g/mol. The number of nitrogens with zero attached hydrogens (tertiary/aromatic N) is 2. The summed E-state index contributed by atoms with van der Waals surface area (Å²) in [5.41, 5.74) is 2.05. The van der Waals surface area contributed by atoms with Crippen LogP contribution in [-0.2, 0) is 19.1 Å². The molecule has 8 nitrogen and oxygen atoms in total. The van der Waals surface area contributed by atoms with Gasteiger partial charge in [-0.05, 0) is 82.1 Å². The van der Waals surface area contributed by atoms with E-state index in [4.69, 9.17) is 4.74 Å². The number of nitrogens with one attached hydrogen (secondary N) is 1. The lowest BCUT2D eigenvalue weighted by molar-refractivity contribution is -0.156. The fraction of sp³-hybridized carbons (Fsp3) is 0.481. The number of imide groups is 1. The van der Waals surface area contributed by atoms with Gasteiger partial charge < -0.3 is 4.74 Å². The lowest BCUT2D eigenvalue weighted by Crippen LogP contribution is -2.53. The molecule has 1 N–H and O–H groups in total. The summed E-state index contributed by atoms with van der Waals surface area (Å²) in [6, 6.07) is 9.10. The van der Waals surface area contributed by atoms with Crippen LogP contribution in [0.5, 0.6) is 0 Å². The molecule has 0 aromatic heterocycles. The van der Waals surface area contributed by atoms with Gasteiger partial charge in [0.2, 0.25) is 11.8 Å². The molecule has 3 heterocycles. The number of ether oxygens (including phenoxy) is 1. The lowest BCUT2D eigenvalue weighted by atomic mass is 9.85. The molecule has 8 heteroatoms. The molecule has 3 aliphatic rings. The van der Waals surface area contributed by atoms with Crippen LogP contribution in [0, 0.1) is 0 Å². The zero-order chi connectivity index (χ0) is 24.9. The van der Waals surface area contributed by atoms with E-state index in [9.17, 15) is 19.2 Å². The topological polar surface area (TPSA) is 96.0 Å². The molecule has 184 valence electrons. The number of esters is 1. The molecule has 0 bridgehead atoms. The van der Waals surface area contributed by atoms with E-state index in [-0.39, 0.29) is 24.2 Å². The van der Waals surface area contributed by atoms with Gasteiger partial charge >= 0.3 is 5.97 Å². The fourth-order valence-corrected chi connectivity index (χ4v) is 5.58. The summed E-state index contributed by atoms with van der Waals surface area (Å²) < 4.78 is 5.46. The average Bonchev–Trinajstić information content (AvgIpc) is 3.07. The number of piperidine rings is 2. The maximum absolute atomic E-state index is 13.3. The van der Waals surface area contributed by atoms with E-state index in [2.05, 4.69) is 10.2 Å². The molecule has 0 radical (unpaired) electrons. The fourth-order valence-electron chi connectivity index (χ4n) is 5.58. The zero-order valence-electron chi connectivity index (χ0n) is 20.4. The number of anilines is 1. The van der Waals surface area contributed by atoms with E-state index in [1.165, 1.54) is 5.56 Å². The highest BCUT2D eigenvalue weighted by Gasteiger charge is 2.41. The number of carbonyl (C=O) groups excluding carboxylic acids is 4. The number of benzene rings is 2. The molecule has 35 heavy (non-hydrogen) atoms.